The predicted molar refractivity (Wildman–Crippen MR) is 52.4 cm³/mol. The van der Waals surface area contributed by atoms with Crippen LogP contribution in [0.5, 0.6) is 0 Å². The fraction of sp³-hybridized carbons (Fsp3) is 0.778. The van der Waals surface area contributed by atoms with E-state index in [1.807, 2.05) is 0 Å². The van der Waals surface area contributed by atoms with Crippen LogP contribution in [0, 0.1) is 5.92 Å². The zero-order valence-corrected chi connectivity index (χ0v) is 8.69. The Morgan fingerprint density at radius 2 is 2.21 bits per heavy atom. The molecule has 1 rings (SSSR count). The summed E-state index contributed by atoms with van der Waals surface area (Å²) < 4.78 is 0. The minimum atomic E-state index is -0.189. The van der Waals surface area contributed by atoms with Crippen molar-refractivity contribution >= 4 is 11.8 Å². The number of hydrogen-bond donors (Lipinski definition) is 1. The SMILES string of the molecule is CC(CN)C(=O)N1CCN(C)C(=O)C1. The summed E-state index contributed by atoms with van der Waals surface area (Å²) in [5, 5.41) is 0. The van der Waals surface area contributed by atoms with E-state index in [1.165, 1.54) is 0 Å². The molecule has 5 nitrogen and oxygen atoms in total. The first-order valence-electron chi connectivity index (χ1n) is 4.79. The van der Waals surface area contributed by atoms with Gasteiger partial charge in [0.25, 0.3) is 0 Å². The molecule has 0 aromatic heterocycles. The minimum Gasteiger partial charge on any atom is -0.342 e. The van der Waals surface area contributed by atoms with Crippen LogP contribution in [-0.2, 0) is 9.59 Å². The van der Waals surface area contributed by atoms with Gasteiger partial charge < -0.3 is 15.5 Å². The van der Waals surface area contributed by atoms with Crippen molar-refractivity contribution in [2.75, 3.05) is 33.2 Å². The van der Waals surface area contributed by atoms with E-state index >= 15 is 0 Å². The first-order chi connectivity index (χ1) is 6.56. The molecule has 1 aliphatic rings. The molecule has 80 valence electrons. The van der Waals surface area contributed by atoms with Crippen LogP contribution >= 0.6 is 0 Å². The Balaban J connectivity index is 2.54. The summed E-state index contributed by atoms with van der Waals surface area (Å²) in [6, 6.07) is 0. The number of carbonyl (C=O) groups excluding carboxylic acids is 2. The third kappa shape index (κ3) is 2.23. The van der Waals surface area contributed by atoms with Gasteiger partial charge in [-0.25, -0.2) is 0 Å². The molecule has 1 unspecified atom stereocenters. The van der Waals surface area contributed by atoms with Crippen molar-refractivity contribution < 1.29 is 9.59 Å². The Morgan fingerprint density at radius 1 is 1.57 bits per heavy atom. The number of nitrogens with two attached hydrogens (primary N) is 1. The smallest absolute Gasteiger partial charge is 0.241 e. The standard InChI is InChI=1S/C9H17N3O2/c1-7(5-10)9(14)12-4-3-11(2)8(13)6-12/h7H,3-6,10H2,1-2H3. The topological polar surface area (TPSA) is 66.6 Å². The molecule has 1 saturated heterocycles. The van der Waals surface area contributed by atoms with Crippen molar-refractivity contribution in [2.45, 2.75) is 6.92 Å². The average Bonchev–Trinajstić information content (AvgIpc) is 2.20. The highest BCUT2D eigenvalue weighted by Crippen LogP contribution is 2.06. The molecule has 0 saturated carbocycles. The van der Waals surface area contributed by atoms with Gasteiger partial charge in [-0.15, -0.1) is 0 Å². The number of rotatable bonds is 2. The molecule has 1 fully saturated rings. The van der Waals surface area contributed by atoms with Crippen LogP contribution in [0.15, 0.2) is 0 Å². The average molecular weight is 199 g/mol. The van der Waals surface area contributed by atoms with Crippen molar-refractivity contribution in [1.29, 1.82) is 0 Å². The highest BCUT2D eigenvalue weighted by molar-refractivity contribution is 5.86. The molecule has 0 aromatic carbocycles. The van der Waals surface area contributed by atoms with Crippen LogP contribution in [0.3, 0.4) is 0 Å². The summed E-state index contributed by atoms with van der Waals surface area (Å²) in [7, 11) is 1.75. The van der Waals surface area contributed by atoms with Crippen molar-refractivity contribution in [3.63, 3.8) is 0 Å². The minimum absolute atomic E-state index is 0.00572. The zero-order valence-electron chi connectivity index (χ0n) is 8.69. The van der Waals surface area contributed by atoms with Crippen LogP contribution in [0.2, 0.25) is 0 Å². The fourth-order valence-electron chi connectivity index (χ4n) is 1.36. The number of amides is 2. The molecule has 2 amide bonds. The third-order valence-corrected chi connectivity index (χ3v) is 2.54. The van der Waals surface area contributed by atoms with Gasteiger partial charge in [-0.1, -0.05) is 6.92 Å². The van der Waals surface area contributed by atoms with E-state index in [0.29, 0.717) is 19.6 Å². The number of carbonyl (C=O) groups is 2. The molecule has 14 heavy (non-hydrogen) atoms. The van der Waals surface area contributed by atoms with Crippen molar-refractivity contribution in [2.24, 2.45) is 11.7 Å². The summed E-state index contributed by atoms with van der Waals surface area (Å²) >= 11 is 0. The summed E-state index contributed by atoms with van der Waals surface area (Å²) in [5.41, 5.74) is 5.40. The lowest BCUT2D eigenvalue weighted by molar-refractivity contribution is -0.146. The van der Waals surface area contributed by atoms with Crippen LogP contribution < -0.4 is 5.73 Å². The van der Waals surface area contributed by atoms with Gasteiger partial charge in [0.1, 0.15) is 0 Å². The monoisotopic (exact) mass is 199 g/mol. The van der Waals surface area contributed by atoms with E-state index in [4.69, 9.17) is 5.73 Å². The maximum atomic E-state index is 11.7. The van der Waals surface area contributed by atoms with Gasteiger partial charge in [-0.3, -0.25) is 9.59 Å². The number of piperazine rings is 1. The van der Waals surface area contributed by atoms with Crippen LogP contribution in [0.25, 0.3) is 0 Å². The third-order valence-electron chi connectivity index (χ3n) is 2.54. The summed E-state index contributed by atoms with van der Waals surface area (Å²) in [5.74, 6) is -0.214. The zero-order chi connectivity index (χ0) is 10.7. The van der Waals surface area contributed by atoms with E-state index in [0.717, 1.165) is 0 Å². The molecule has 0 spiro atoms. The number of nitrogens with zero attached hydrogens (tertiary/aromatic N) is 2. The first-order valence-corrected chi connectivity index (χ1v) is 4.79. The molecule has 0 radical (unpaired) electrons. The second kappa shape index (κ2) is 4.41. The summed E-state index contributed by atoms with van der Waals surface area (Å²) in [6.45, 7) is 3.54. The van der Waals surface area contributed by atoms with E-state index in [-0.39, 0.29) is 24.3 Å². The number of hydrogen-bond acceptors (Lipinski definition) is 3. The molecule has 5 heteroatoms. The lowest BCUT2D eigenvalue weighted by Crippen LogP contribution is -2.52. The lowest BCUT2D eigenvalue weighted by Gasteiger charge is -2.33. The predicted octanol–water partition coefficient (Wildman–Crippen LogP) is -1.12. The Labute approximate surface area is 83.8 Å². The molecule has 0 aromatic rings. The van der Waals surface area contributed by atoms with Gasteiger partial charge in [-0.05, 0) is 0 Å². The van der Waals surface area contributed by atoms with Gasteiger partial charge in [0.15, 0.2) is 0 Å². The fourth-order valence-corrected chi connectivity index (χ4v) is 1.36. The number of likely N-dealkylation sites (N-methyl/N-ethyl adjacent to an activating group) is 1. The molecular weight excluding hydrogens is 182 g/mol. The van der Waals surface area contributed by atoms with E-state index in [9.17, 15) is 9.59 Å². The van der Waals surface area contributed by atoms with Crippen molar-refractivity contribution in [3.8, 4) is 0 Å². The maximum absolute atomic E-state index is 11.7. The Bertz CT molecular complexity index is 242. The van der Waals surface area contributed by atoms with E-state index in [2.05, 4.69) is 0 Å². The molecule has 2 N–H and O–H groups in total. The largest absolute Gasteiger partial charge is 0.342 e. The van der Waals surface area contributed by atoms with Gasteiger partial charge in [-0.2, -0.15) is 0 Å². The quantitative estimate of drug-likeness (QED) is 0.612. The summed E-state index contributed by atoms with van der Waals surface area (Å²) in [4.78, 5) is 26.2. The molecular formula is C9H17N3O2. The maximum Gasteiger partial charge on any atom is 0.241 e. The van der Waals surface area contributed by atoms with Gasteiger partial charge >= 0.3 is 0 Å². The molecule has 1 heterocycles. The highest BCUT2D eigenvalue weighted by atomic mass is 16.2. The van der Waals surface area contributed by atoms with Gasteiger partial charge in [0, 0.05) is 32.6 Å². The normalized spacial score (nSPS) is 19.8. The van der Waals surface area contributed by atoms with Crippen molar-refractivity contribution in [1.82, 2.24) is 9.80 Å². The van der Waals surface area contributed by atoms with Crippen LogP contribution in [0.4, 0.5) is 0 Å². The Morgan fingerprint density at radius 3 is 2.71 bits per heavy atom. The van der Waals surface area contributed by atoms with Crippen LogP contribution in [-0.4, -0.2) is 54.8 Å². The molecule has 0 bridgehead atoms. The molecule has 0 aliphatic carbocycles. The lowest BCUT2D eigenvalue weighted by atomic mass is 10.1. The first kappa shape index (κ1) is 11.0. The Hall–Kier alpha value is -1.10. The highest BCUT2D eigenvalue weighted by Gasteiger charge is 2.26. The Kier molecular flexibility index (Phi) is 3.46. The summed E-state index contributed by atoms with van der Waals surface area (Å²) in [6.07, 6.45) is 0. The molecule has 1 aliphatic heterocycles. The van der Waals surface area contributed by atoms with E-state index in [1.54, 1.807) is 23.8 Å². The second-order valence-electron chi connectivity index (χ2n) is 3.71. The van der Waals surface area contributed by atoms with Gasteiger partial charge in [0.2, 0.25) is 11.8 Å². The van der Waals surface area contributed by atoms with E-state index < -0.39 is 0 Å². The van der Waals surface area contributed by atoms with Gasteiger partial charge in [0.05, 0.1) is 6.54 Å². The molecule has 1 atom stereocenters. The van der Waals surface area contributed by atoms with Crippen molar-refractivity contribution in [3.05, 3.63) is 0 Å². The van der Waals surface area contributed by atoms with Crippen LogP contribution in [0.1, 0.15) is 6.92 Å². The second-order valence-corrected chi connectivity index (χ2v) is 3.71.